The second kappa shape index (κ2) is 9.65. The van der Waals surface area contributed by atoms with Crippen LogP contribution in [0.15, 0.2) is 29.2 Å². The maximum absolute atomic E-state index is 13.1. The van der Waals surface area contributed by atoms with E-state index < -0.39 is 0 Å². The Morgan fingerprint density at radius 3 is 2.55 bits per heavy atom. The molecule has 0 saturated carbocycles. The van der Waals surface area contributed by atoms with Crippen molar-refractivity contribution in [2.45, 2.75) is 63.5 Å². The minimum atomic E-state index is -0.374. The fourth-order valence-corrected chi connectivity index (χ4v) is 6.23. The van der Waals surface area contributed by atoms with Crippen LogP contribution < -0.4 is 11.1 Å². The van der Waals surface area contributed by atoms with Crippen LogP contribution in [0, 0.1) is 11.3 Å². The first-order valence-corrected chi connectivity index (χ1v) is 12.4. The third kappa shape index (κ3) is 5.44. The van der Waals surface area contributed by atoms with Gasteiger partial charge in [-0.3, -0.25) is 4.79 Å². The van der Waals surface area contributed by atoms with Crippen molar-refractivity contribution >= 4 is 45.7 Å². The molecule has 0 saturated heterocycles. The van der Waals surface area contributed by atoms with Crippen LogP contribution in [0.5, 0.6) is 0 Å². The van der Waals surface area contributed by atoms with Crippen molar-refractivity contribution in [3.63, 3.8) is 0 Å². The first-order chi connectivity index (χ1) is 14.6. The van der Waals surface area contributed by atoms with Gasteiger partial charge in [-0.1, -0.05) is 27.7 Å². The van der Waals surface area contributed by atoms with Crippen molar-refractivity contribution in [1.29, 1.82) is 0 Å². The molecule has 3 N–H and O–H groups in total. The summed E-state index contributed by atoms with van der Waals surface area (Å²) in [6, 6.07) is 7.52. The minimum absolute atomic E-state index is 0.0968. The molecule has 0 bridgehead atoms. The van der Waals surface area contributed by atoms with Crippen molar-refractivity contribution in [2.75, 3.05) is 18.2 Å². The van der Waals surface area contributed by atoms with E-state index in [1.54, 1.807) is 0 Å². The first kappa shape index (κ1) is 23.7. The summed E-state index contributed by atoms with van der Waals surface area (Å²) in [5.74, 6) is 0.0823. The summed E-state index contributed by atoms with van der Waals surface area (Å²) < 4.78 is 5.07. The number of thiophene rings is 1. The average Bonchev–Trinajstić information content (AvgIpc) is 3.08. The monoisotopic (exact) mass is 460 g/mol. The topological polar surface area (TPSA) is 81.4 Å². The summed E-state index contributed by atoms with van der Waals surface area (Å²) in [4.78, 5) is 27.9. The first-order valence-electron chi connectivity index (χ1n) is 10.7. The Hall–Kier alpha value is -1.99. The summed E-state index contributed by atoms with van der Waals surface area (Å²) in [5, 5.41) is 3.40. The highest BCUT2D eigenvalue weighted by Crippen LogP contribution is 2.44. The number of fused-ring (bicyclic) bond motifs is 1. The van der Waals surface area contributed by atoms with Gasteiger partial charge in [-0.05, 0) is 66.8 Å². The molecular formula is C24H32N2O3S2. The molecule has 1 aliphatic rings. The lowest BCUT2D eigenvalue weighted by Gasteiger charge is -2.33. The van der Waals surface area contributed by atoms with Gasteiger partial charge in [0.05, 0.1) is 17.9 Å². The molecule has 31 heavy (non-hydrogen) atoms. The maximum Gasteiger partial charge on any atom is 0.341 e. The van der Waals surface area contributed by atoms with E-state index in [1.165, 1.54) is 35.1 Å². The van der Waals surface area contributed by atoms with Crippen LogP contribution in [-0.4, -0.2) is 24.2 Å². The average molecular weight is 461 g/mol. The Bertz CT molecular complexity index is 945. The number of benzene rings is 1. The summed E-state index contributed by atoms with van der Waals surface area (Å²) in [7, 11) is 1.39. The lowest BCUT2D eigenvalue weighted by molar-refractivity contribution is -0.115. The molecule has 2 aromatic rings. The van der Waals surface area contributed by atoms with Gasteiger partial charge in [0.25, 0.3) is 0 Å². The number of ether oxygens (including phenoxy) is 1. The number of hydrogen-bond acceptors (Lipinski definition) is 6. The molecule has 1 heterocycles. The standard InChI is InChI=1S/C24H32N2O3S2/c1-6-18(30-16-10-8-15(25)9-11-16)21(27)26-22-20(23(28)29-5)17-12-7-14(24(2,3)4)13-19(17)31-22/h8-11,14,18H,6-7,12-13,25H2,1-5H3,(H,26,27). The van der Waals surface area contributed by atoms with Crippen LogP contribution >= 0.6 is 23.1 Å². The number of nitrogens with two attached hydrogens (primary N) is 1. The van der Waals surface area contributed by atoms with Gasteiger partial charge >= 0.3 is 5.97 Å². The van der Waals surface area contributed by atoms with E-state index in [2.05, 4.69) is 26.1 Å². The second-order valence-corrected chi connectivity index (χ2v) is 11.5. The van der Waals surface area contributed by atoms with Crippen LogP contribution in [0.25, 0.3) is 0 Å². The van der Waals surface area contributed by atoms with E-state index in [9.17, 15) is 9.59 Å². The molecule has 3 rings (SSSR count). The summed E-state index contributed by atoms with van der Waals surface area (Å²) in [6.07, 6.45) is 3.48. The second-order valence-electron chi connectivity index (χ2n) is 9.08. The zero-order chi connectivity index (χ0) is 22.8. The number of esters is 1. The van der Waals surface area contributed by atoms with Crippen molar-refractivity contribution in [3.8, 4) is 0 Å². The Labute approximate surface area is 193 Å². The van der Waals surface area contributed by atoms with Crippen LogP contribution in [-0.2, 0) is 22.4 Å². The number of hydrogen-bond donors (Lipinski definition) is 2. The SMILES string of the molecule is CCC(Sc1ccc(N)cc1)C(=O)Nc1sc2c(c1C(=O)OC)CCC(C(C)(C)C)C2. The number of nitrogen functional groups attached to an aromatic ring is 1. The molecule has 7 heteroatoms. The van der Waals surface area contributed by atoms with Gasteiger partial charge in [0, 0.05) is 15.5 Å². The van der Waals surface area contributed by atoms with Gasteiger partial charge in [-0.15, -0.1) is 23.1 Å². The van der Waals surface area contributed by atoms with E-state index in [0.29, 0.717) is 28.6 Å². The molecule has 0 radical (unpaired) electrons. The number of methoxy groups -OCH3 is 1. The highest BCUT2D eigenvalue weighted by atomic mass is 32.2. The predicted molar refractivity (Wildman–Crippen MR) is 130 cm³/mol. The molecule has 2 unspecified atom stereocenters. The van der Waals surface area contributed by atoms with E-state index in [4.69, 9.17) is 10.5 Å². The summed E-state index contributed by atoms with van der Waals surface area (Å²) in [5.41, 5.74) is 8.25. The van der Waals surface area contributed by atoms with Crippen LogP contribution in [0.2, 0.25) is 0 Å². The van der Waals surface area contributed by atoms with Gasteiger partial charge in [0.15, 0.2) is 0 Å². The van der Waals surface area contributed by atoms with E-state index >= 15 is 0 Å². The number of anilines is 2. The Morgan fingerprint density at radius 2 is 1.97 bits per heavy atom. The number of amides is 1. The quantitative estimate of drug-likeness (QED) is 0.324. The minimum Gasteiger partial charge on any atom is -0.465 e. The smallest absolute Gasteiger partial charge is 0.341 e. The number of carbonyl (C=O) groups is 2. The predicted octanol–water partition coefficient (Wildman–Crippen LogP) is 5.78. The highest BCUT2D eigenvalue weighted by Gasteiger charge is 2.34. The van der Waals surface area contributed by atoms with E-state index in [1.807, 2.05) is 31.2 Å². The molecule has 0 spiro atoms. The maximum atomic E-state index is 13.1. The molecule has 1 amide bonds. The molecule has 1 aromatic heterocycles. The Morgan fingerprint density at radius 1 is 1.29 bits per heavy atom. The van der Waals surface area contributed by atoms with Gasteiger partial charge in [-0.25, -0.2) is 4.79 Å². The summed E-state index contributed by atoms with van der Waals surface area (Å²) >= 11 is 3.04. The number of carbonyl (C=O) groups excluding carboxylic acids is 2. The lowest BCUT2D eigenvalue weighted by Crippen LogP contribution is -2.27. The molecule has 0 fully saturated rings. The normalized spacial score (nSPS) is 17.0. The Balaban J connectivity index is 1.84. The van der Waals surface area contributed by atoms with E-state index in [-0.39, 0.29) is 22.5 Å². The van der Waals surface area contributed by atoms with Gasteiger partial charge in [-0.2, -0.15) is 0 Å². The van der Waals surface area contributed by atoms with Crippen LogP contribution in [0.4, 0.5) is 10.7 Å². The van der Waals surface area contributed by atoms with Gasteiger partial charge < -0.3 is 15.8 Å². The highest BCUT2D eigenvalue weighted by molar-refractivity contribution is 8.00. The zero-order valence-corrected chi connectivity index (χ0v) is 20.5. The van der Waals surface area contributed by atoms with Crippen molar-refractivity contribution in [3.05, 3.63) is 40.3 Å². The van der Waals surface area contributed by atoms with Crippen LogP contribution in [0.1, 0.15) is 61.3 Å². The molecule has 168 valence electrons. The van der Waals surface area contributed by atoms with E-state index in [0.717, 1.165) is 29.7 Å². The number of nitrogens with one attached hydrogen (secondary N) is 1. The molecule has 1 aromatic carbocycles. The third-order valence-corrected chi connectivity index (χ3v) is 8.48. The largest absolute Gasteiger partial charge is 0.465 e. The summed E-state index contributed by atoms with van der Waals surface area (Å²) in [6.45, 7) is 8.78. The lowest BCUT2D eigenvalue weighted by atomic mass is 9.72. The fraction of sp³-hybridized carbons (Fsp3) is 0.500. The third-order valence-electron chi connectivity index (χ3n) is 5.94. The van der Waals surface area contributed by atoms with Gasteiger partial charge in [0.2, 0.25) is 5.91 Å². The molecule has 5 nitrogen and oxygen atoms in total. The van der Waals surface area contributed by atoms with Crippen LogP contribution in [0.3, 0.4) is 0 Å². The Kier molecular flexibility index (Phi) is 7.37. The van der Waals surface area contributed by atoms with Crippen molar-refractivity contribution in [2.24, 2.45) is 11.3 Å². The van der Waals surface area contributed by atoms with Crippen molar-refractivity contribution in [1.82, 2.24) is 0 Å². The number of thioether (sulfide) groups is 1. The zero-order valence-electron chi connectivity index (χ0n) is 18.9. The van der Waals surface area contributed by atoms with Gasteiger partial charge in [0.1, 0.15) is 5.00 Å². The molecule has 1 aliphatic carbocycles. The fourth-order valence-electron chi connectivity index (χ4n) is 3.96. The molecule has 2 atom stereocenters. The molecular weight excluding hydrogens is 428 g/mol. The number of rotatable bonds is 6. The molecule has 0 aliphatic heterocycles. The van der Waals surface area contributed by atoms with Crippen molar-refractivity contribution < 1.29 is 14.3 Å².